The zero-order valence-electron chi connectivity index (χ0n) is 42.0. The van der Waals surface area contributed by atoms with Gasteiger partial charge < -0.3 is 57.7 Å². The van der Waals surface area contributed by atoms with Crippen molar-refractivity contribution in [2.75, 3.05) is 33.0 Å². The van der Waals surface area contributed by atoms with Crippen molar-refractivity contribution in [3.8, 4) is 0 Å². The van der Waals surface area contributed by atoms with Gasteiger partial charge in [0.2, 0.25) is 0 Å². The molecule has 4 unspecified atom stereocenters. The second-order valence-corrected chi connectivity index (χ2v) is 18.1. The molecule has 1 amide bonds. The number of amides is 1. The number of hydrogen-bond acceptors (Lipinski definition) is 15. The predicted octanol–water partition coefficient (Wildman–Crippen LogP) is 8.73. The molecule has 0 radical (unpaired) electrons. The molecule has 0 aliphatic carbocycles. The van der Waals surface area contributed by atoms with Crippen LogP contribution in [0.25, 0.3) is 10.4 Å². The number of carbonyl (C=O) groups is 3. The van der Waals surface area contributed by atoms with E-state index in [1.54, 1.807) is 65.6 Å². The third-order valence-corrected chi connectivity index (χ3v) is 12.7. The Balaban J connectivity index is 1.12. The molecule has 2 saturated heterocycles. The van der Waals surface area contributed by atoms with E-state index in [-0.39, 0.29) is 37.6 Å². The zero-order chi connectivity index (χ0) is 52.6. The molecule has 2 N–H and O–H groups in total. The molecule has 75 heavy (non-hydrogen) atoms. The lowest BCUT2D eigenvalue weighted by molar-refractivity contribution is -0.352. The summed E-state index contributed by atoms with van der Waals surface area (Å²) in [7, 11) is 0. The molecule has 0 aromatic heterocycles. The first-order chi connectivity index (χ1) is 36.8. The van der Waals surface area contributed by atoms with E-state index in [9.17, 15) is 30.1 Å². The summed E-state index contributed by atoms with van der Waals surface area (Å²) in [6.07, 6.45) is -9.45. The van der Waals surface area contributed by atoms with Crippen molar-refractivity contribution in [3.63, 3.8) is 0 Å². The number of esters is 2. The smallest absolute Gasteiger partial charge is 0.410 e. The average molecular weight is 1030 g/mol. The Bertz CT molecular complexity index is 2510. The molecule has 7 rings (SSSR count). The Morgan fingerprint density at radius 3 is 1.80 bits per heavy atom. The van der Waals surface area contributed by atoms with Gasteiger partial charge in [0.15, 0.2) is 18.7 Å². The maximum atomic E-state index is 13.9. The van der Waals surface area contributed by atoms with Crippen LogP contribution in [0.3, 0.4) is 0 Å². The van der Waals surface area contributed by atoms with Crippen molar-refractivity contribution in [2.45, 2.75) is 120 Å². The summed E-state index contributed by atoms with van der Waals surface area (Å²) >= 11 is 0. The quantitative estimate of drug-likeness (QED) is 0.0125. The van der Waals surface area contributed by atoms with Crippen LogP contribution in [0, 0.1) is 0 Å². The molecular formula is C57H66N4O14. The van der Waals surface area contributed by atoms with Crippen LogP contribution in [-0.2, 0) is 62.4 Å². The van der Waals surface area contributed by atoms with E-state index in [2.05, 4.69) is 10.0 Å². The van der Waals surface area contributed by atoms with Crippen LogP contribution in [-0.4, -0.2) is 127 Å². The topological polar surface area (TPSA) is 227 Å². The molecule has 18 heteroatoms. The van der Waals surface area contributed by atoms with Gasteiger partial charge in [-0.25, -0.2) is 14.4 Å². The maximum Gasteiger partial charge on any atom is 0.410 e. The highest BCUT2D eigenvalue weighted by Crippen LogP contribution is 2.35. The number of carbonyl (C=O) groups excluding carboxylic acids is 3. The van der Waals surface area contributed by atoms with Crippen molar-refractivity contribution >= 4 is 18.0 Å². The molecule has 0 bridgehead atoms. The van der Waals surface area contributed by atoms with Crippen LogP contribution in [0.15, 0.2) is 157 Å². The second kappa shape index (κ2) is 30.0. The number of ether oxygens (including phenoxy) is 9. The largest absolute Gasteiger partial charge is 0.459 e. The number of rotatable bonds is 27. The molecule has 0 saturated carbocycles. The summed E-state index contributed by atoms with van der Waals surface area (Å²) in [4.78, 5) is 45.6. The SMILES string of the molecule is CCCCOC1[C@H](O[C@@H]2OC(CO)[C@@H](O)[C@@H](OCc3ccccc3)C2OC(=O)c2ccccc2)C(COC(=O)c2ccccc2)O[C@@H](OCCCCCN(Cc2ccccc2)C(=O)OCc2ccccc2)[C@H]1N=[N+]=[N-]. The lowest BCUT2D eigenvalue weighted by Crippen LogP contribution is -2.66. The molecule has 10 atom stereocenters. The van der Waals surface area contributed by atoms with E-state index >= 15 is 0 Å². The van der Waals surface area contributed by atoms with Gasteiger partial charge >= 0.3 is 18.0 Å². The highest BCUT2D eigenvalue weighted by Gasteiger charge is 2.54. The fourth-order valence-electron chi connectivity index (χ4n) is 8.67. The minimum Gasteiger partial charge on any atom is -0.459 e. The molecular weight excluding hydrogens is 965 g/mol. The van der Waals surface area contributed by atoms with Crippen molar-refractivity contribution in [3.05, 3.63) is 190 Å². The highest BCUT2D eigenvalue weighted by atomic mass is 16.8. The van der Waals surface area contributed by atoms with Crippen LogP contribution < -0.4 is 0 Å². The first-order valence-corrected chi connectivity index (χ1v) is 25.4. The van der Waals surface area contributed by atoms with Gasteiger partial charge in [-0.05, 0) is 72.2 Å². The van der Waals surface area contributed by atoms with Crippen molar-refractivity contribution in [2.24, 2.45) is 5.11 Å². The van der Waals surface area contributed by atoms with Gasteiger partial charge in [0, 0.05) is 31.2 Å². The van der Waals surface area contributed by atoms with Crippen molar-refractivity contribution < 1.29 is 67.2 Å². The lowest BCUT2D eigenvalue weighted by Gasteiger charge is -2.48. The Labute approximate surface area is 436 Å². The minimum atomic E-state index is -1.58. The van der Waals surface area contributed by atoms with Crippen molar-refractivity contribution in [1.29, 1.82) is 0 Å². The van der Waals surface area contributed by atoms with Gasteiger partial charge in [0.1, 0.15) is 49.8 Å². The number of azide groups is 1. The molecule has 398 valence electrons. The van der Waals surface area contributed by atoms with Crippen LogP contribution in [0.2, 0.25) is 0 Å². The summed E-state index contributed by atoms with van der Waals surface area (Å²) in [5.74, 6) is -1.44. The Morgan fingerprint density at radius 1 is 0.613 bits per heavy atom. The van der Waals surface area contributed by atoms with E-state index in [1.807, 2.05) is 97.9 Å². The van der Waals surface area contributed by atoms with Gasteiger partial charge in [0.25, 0.3) is 0 Å². The monoisotopic (exact) mass is 1030 g/mol. The zero-order valence-corrected chi connectivity index (χ0v) is 42.0. The van der Waals surface area contributed by atoms with E-state index in [0.29, 0.717) is 38.8 Å². The summed E-state index contributed by atoms with van der Waals surface area (Å²) in [6, 6.07) is 43.7. The highest BCUT2D eigenvalue weighted by molar-refractivity contribution is 5.89. The number of aliphatic hydroxyl groups is 2. The number of unbranched alkanes of at least 4 members (excludes halogenated alkanes) is 3. The normalized spacial score (nSPS) is 23.3. The number of nitrogens with zero attached hydrogens (tertiary/aromatic N) is 4. The first kappa shape index (κ1) is 56.0. The molecule has 0 spiro atoms. The van der Waals surface area contributed by atoms with Crippen LogP contribution in [0.1, 0.15) is 76.4 Å². The standard InChI is InChI=1S/C57H66N4O14/c1-2-3-33-67-50-47(59-60-58)55(68-34-21-9-20-32-61(35-40-22-10-4-11-23-40)57(66)71-38-42-26-14-6-15-27-42)73-46(39-70-53(64)43-28-16-7-17-29-43)49(50)75-56-52(74-54(65)44-30-18-8-19-31-44)51(48(63)45(36-62)72-56)69-37-41-24-12-5-13-25-41/h4-8,10-19,22-31,45-52,55-56,62-63H,2-3,9,20-21,32-39H2,1H3/t45?,46?,47-,48+,49+,50?,51+,52?,55+,56-/m0/s1. The van der Waals surface area contributed by atoms with Gasteiger partial charge in [-0.2, -0.15) is 0 Å². The molecule has 18 nitrogen and oxygen atoms in total. The summed E-state index contributed by atoms with van der Waals surface area (Å²) in [5, 5.41) is 26.4. The van der Waals surface area contributed by atoms with Gasteiger partial charge in [-0.1, -0.05) is 146 Å². The lowest BCUT2D eigenvalue weighted by atomic mass is 9.95. The molecule has 5 aromatic carbocycles. The minimum absolute atomic E-state index is 0.0224. The van der Waals surface area contributed by atoms with E-state index in [1.165, 1.54) is 0 Å². The van der Waals surface area contributed by atoms with E-state index < -0.39 is 92.6 Å². The number of benzene rings is 5. The summed E-state index contributed by atoms with van der Waals surface area (Å²) in [6.45, 7) is 2.06. The molecule has 2 fully saturated rings. The van der Waals surface area contributed by atoms with Gasteiger partial charge in [-0.15, -0.1) is 0 Å². The fourth-order valence-corrected chi connectivity index (χ4v) is 8.67. The molecule has 2 heterocycles. The maximum absolute atomic E-state index is 13.9. The predicted molar refractivity (Wildman–Crippen MR) is 274 cm³/mol. The van der Waals surface area contributed by atoms with Crippen molar-refractivity contribution in [1.82, 2.24) is 4.90 Å². The third kappa shape index (κ3) is 16.6. The first-order valence-electron chi connectivity index (χ1n) is 25.4. The van der Waals surface area contributed by atoms with Crippen LogP contribution in [0.4, 0.5) is 4.79 Å². The van der Waals surface area contributed by atoms with Crippen LogP contribution in [0.5, 0.6) is 0 Å². The third-order valence-electron chi connectivity index (χ3n) is 12.7. The Morgan fingerprint density at radius 2 is 1.19 bits per heavy atom. The Kier molecular flexibility index (Phi) is 22.4. The summed E-state index contributed by atoms with van der Waals surface area (Å²) < 4.78 is 56.7. The number of hydrogen-bond donors (Lipinski definition) is 2. The Hall–Kier alpha value is -6.70. The van der Waals surface area contributed by atoms with Gasteiger partial charge in [0.05, 0.1) is 30.4 Å². The van der Waals surface area contributed by atoms with Gasteiger partial charge in [-0.3, -0.25) is 0 Å². The fraction of sp³-hybridized carbons (Fsp3) is 0.421. The summed E-state index contributed by atoms with van der Waals surface area (Å²) in [5.41, 5.74) is 13.1. The van der Waals surface area contributed by atoms with E-state index in [4.69, 9.17) is 42.6 Å². The number of aliphatic hydroxyl groups excluding tert-OH is 2. The molecule has 5 aromatic rings. The molecule has 2 aliphatic heterocycles. The van der Waals surface area contributed by atoms with Crippen LogP contribution >= 0.6 is 0 Å². The second-order valence-electron chi connectivity index (χ2n) is 18.1. The average Bonchev–Trinajstić information content (AvgIpc) is 3.45. The van der Waals surface area contributed by atoms with E-state index in [0.717, 1.165) is 23.1 Å². The molecule has 2 aliphatic rings.